The van der Waals surface area contributed by atoms with Gasteiger partial charge in [-0.05, 0) is 92.3 Å². The minimum atomic E-state index is -1.22. The highest BCUT2D eigenvalue weighted by Crippen LogP contribution is 2.09. The van der Waals surface area contributed by atoms with Gasteiger partial charge in [0.05, 0.1) is 10.8 Å². The van der Waals surface area contributed by atoms with Crippen molar-refractivity contribution in [2.75, 3.05) is 12.5 Å². The molecule has 0 saturated carbocycles. The van der Waals surface area contributed by atoms with Crippen molar-refractivity contribution in [1.82, 2.24) is 30.6 Å². The standard InChI is InChI=1S/C18H19N3O2S.C18H19N3OS/c1-13(20-14(2)22)12-16-6-4-15(5-7-16)8-9-17-10-11-19-18(21-17)24(3)23;1-13(20-14(2)22)12-16-6-4-15(5-7-16)8-9-17-10-11-19-18(21-17)23-3/h4-7,10-11,13H,12H2,1-3H3,(H,20,22);4-7,10-11,13H,12H2,1-3H3,(H,20,22). The number of nitrogens with zero attached hydrogens (tertiary/aromatic N) is 4. The van der Waals surface area contributed by atoms with Crippen LogP contribution in [0.15, 0.2) is 83.4 Å². The van der Waals surface area contributed by atoms with Crippen molar-refractivity contribution in [1.29, 1.82) is 0 Å². The molecule has 2 amide bonds. The number of hydrogen-bond donors (Lipinski definition) is 2. The lowest BCUT2D eigenvalue weighted by Crippen LogP contribution is -2.31. The van der Waals surface area contributed by atoms with Crippen LogP contribution < -0.4 is 10.6 Å². The van der Waals surface area contributed by atoms with Gasteiger partial charge in [-0.2, -0.15) is 0 Å². The second-order valence-electron chi connectivity index (χ2n) is 10.6. The number of amides is 2. The summed E-state index contributed by atoms with van der Waals surface area (Å²) in [5.74, 6) is 12.1. The lowest BCUT2D eigenvalue weighted by molar-refractivity contribution is -0.120. The van der Waals surface area contributed by atoms with Crippen LogP contribution in [0.1, 0.15) is 61.3 Å². The fourth-order valence-corrected chi connectivity index (χ4v) is 5.07. The summed E-state index contributed by atoms with van der Waals surface area (Å²) in [5, 5.41) is 6.74. The van der Waals surface area contributed by atoms with E-state index in [0.29, 0.717) is 11.4 Å². The van der Waals surface area contributed by atoms with Gasteiger partial charge >= 0.3 is 0 Å². The smallest absolute Gasteiger partial charge is 0.219 e. The van der Waals surface area contributed by atoms with E-state index in [1.54, 1.807) is 24.5 Å². The summed E-state index contributed by atoms with van der Waals surface area (Å²) in [6.07, 6.45) is 8.32. The Labute approximate surface area is 283 Å². The predicted molar refractivity (Wildman–Crippen MR) is 187 cm³/mol. The van der Waals surface area contributed by atoms with Gasteiger partial charge in [0.2, 0.25) is 17.0 Å². The predicted octanol–water partition coefficient (Wildman–Crippen LogP) is 4.35. The van der Waals surface area contributed by atoms with Gasteiger partial charge in [0, 0.05) is 55.7 Å². The summed E-state index contributed by atoms with van der Waals surface area (Å²) in [7, 11) is -1.22. The monoisotopic (exact) mass is 666 g/mol. The fourth-order valence-electron chi connectivity index (χ4n) is 4.28. The van der Waals surface area contributed by atoms with Gasteiger partial charge in [-0.3, -0.25) is 13.8 Å². The molecule has 0 aliphatic rings. The van der Waals surface area contributed by atoms with Crippen LogP contribution in [0.2, 0.25) is 0 Å². The molecule has 3 unspecified atom stereocenters. The number of aromatic nitrogens is 4. The number of carbonyl (C=O) groups is 2. The van der Waals surface area contributed by atoms with Gasteiger partial charge in [0.15, 0.2) is 5.16 Å². The minimum absolute atomic E-state index is 0.00514. The van der Waals surface area contributed by atoms with Crippen LogP contribution in [0.4, 0.5) is 0 Å². The Bertz CT molecular complexity index is 1810. The zero-order valence-corrected chi connectivity index (χ0v) is 29.0. The summed E-state index contributed by atoms with van der Waals surface area (Å²) in [6.45, 7) is 7.01. The summed E-state index contributed by atoms with van der Waals surface area (Å²) >= 11 is 1.50. The maximum Gasteiger partial charge on any atom is 0.219 e. The van der Waals surface area contributed by atoms with Crippen LogP contribution in [-0.2, 0) is 33.2 Å². The molecule has 3 atom stereocenters. The van der Waals surface area contributed by atoms with E-state index in [0.717, 1.165) is 34.7 Å². The quantitative estimate of drug-likeness (QED) is 0.162. The Hall–Kier alpha value is -4.84. The van der Waals surface area contributed by atoms with E-state index in [4.69, 9.17) is 0 Å². The Morgan fingerprint density at radius 2 is 1.17 bits per heavy atom. The van der Waals surface area contributed by atoms with Crippen LogP contribution in [0, 0.1) is 23.7 Å². The van der Waals surface area contributed by atoms with Crippen LogP contribution in [-0.4, -0.2) is 60.6 Å². The highest BCUT2D eigenvalue weighted by atomic mass is 32.2. The molecule has 2 heterocycles. The molecular formula is C36H38N6O3S2. The molecule has 0 saturated heterocycles. The number of thioether (sulfide) groups is 1. The number of nitrogens with one attached hydrogen (secondary N) is 2. The van der Waals surface area contributed by atoms with Crippen molar-refractivity contribution in [3.63, 3.8) is 0 Å². The van der Waals surface area contributed by atoms with E-state index in [9.17, 15) is 13.8 Å². The highest BCUT2D eigenvalue weighted by molar-refractivity contribution is 7.98. The van der Waals surface area contributed by atoms with Gasteiger partial charge in [-0.1, -0.05) is 47.9 Å². The van der Waals surface area contributed by atoms with Gasteiger partial charge < -0.3 is 10.6 Å². The van der Waals surface area contributed by atoms with Crippen molar-refractivity contribution in [3.8, 4) is 23.7 Å². The number of carbonyl (C=O) groups excluding carboxylic acids is 2. The molecule has 2 N–H and O–H groups in total. The van der Waals surface area contributed by atoms with Gasteiger partial charge in [0.25, 0.3) is 0 Å². The lowest BCUT2D eigenvalue weighted by atomic mass is 10.1. The van der Waals surface area contributed by atoms with Crippen molar-refractivity contribution in [2.24, 2.45) is 0 Å². The topological polar surface area (TPSA) is 127 Å². The third-order valence-corrected chi connectivity index (χ3v) is 7.54. The Balaban J connectivity index is 0.000000256. The molecule has 9 nitrogen and oxygen atoms in total. The summed E-state index contributed by atoms with van der Waals surface area (Å²) in [5.41, 5.74) is 5.36. The number of hydrogen-bond acceptors (Lipinski definition) is 8. The molecule has 0 fully saturated rings. The first-order valence-corrected chi connectivity index (χ1v) is 17.6. The molecule has 47 heavy (non-hydrogen) atoms. The largest absolute Gasteiger partial charge is 0.354 e. The van der Waals surface area contributed by atoms with Gasteiger partial charge in [-0.15, -0.1) is 0 Å². The minimum Gasteiger partial charge on any atom is -0.354 e. The molecule has 4 rings (SSSR count). The molecule has 2 aromatic carbocycles. The molecule has 242 valence electrons. The molecule has 2 aromatic heterocycles. The second kappa shape index (κ2) is 19.0. The van der Waals surface area contributed by atoms with Crippen LogP contribution >= 0.6 is 11.8 Å². The van der Waals surface area contributed by atoms with E-state index >= 15 is 0 Å². The molecule has 11 heteroatoms. The van der Waals surface area contributed by atoms with Crippen molar-refractivity contribution in [2.45, 2.75) is 62.9 Å². The highest BCUT2D eigenvalue weighted by Gasteiger charge is 2.06. The first-order chi connectivity index (χ1) is 22.5. The van der Waals surface area contributed by atoms with Crippen LogP contribution in [0.25, 0.3) is 0 Å². The Morgan fingerprint density at radius 3 is 1.60 bits per heavy atom. The van der Waals surface area contributed by atoms with Crippen molar-refractivity contribution in [3.05, 3.63) is 107 Å². The zero-order valence-electron chi connectivity index (χ0n) is 27.3. The third kappa shape index (κ3) is 14.0. The van der Waals surface area contributed by atoms with E-state index in [-0.39, 0.29) is 29.1 Å². The van der Waals surface area contributed by atoms with E-state index in [2.05, 4.69) is 54.3 Å². The SMILES string of the molecule is CC(=O)NC(C)Cc1ccc(C#Cc2ccnc(S(C)=O)n2)cc1.CSc1nccc(C#Cc2ccc(CC(C)NC(C)=O)cc2)n1. The Morgan fingerprint density at radius 1 is 0.723 bits per heavy atom. The maximum absolute atomic E-state index is 11.4. The molecule has 0 bridgehead atoms. The zero-order chi connectivity index (χ0) is 34.2. The van der Waals surface area contributed by atoms with E-state index < -0.39 is 10.8 Å². The lowest BCUT2D eigenvalue weighted by Gasteiger charge is -2.12. The summed E-state index contributed by atoms with van der Waals surface area (Å²) in [6, 6.07) is 19.6. The molecule has 4 aromatic rings. The third-order valence-electron chi connectivity index (χ3n) is 6.27. The molecular weight excluding hydrogens is 629 g/mol. The van der Waals surface area contributed by atoms with Crippen LogP contribution in [0.5, 0.6) is 0 Å². The average molecular weight is 667 g/mol. The maximum atomic E-state index is 11.4. The van der Waals surface area contributed by atoms with Gasteiger partial charge in [0.1, 0.15) is 11.4 Å². The Kier molecular flexibility index (Phi) is 14.8. The summed E-state index contributed by atoms with van der Waals surface area (Å²) in [4.78, 5) is 38.6. The van der Waals surface area contributed by atoms with E-state index in [1.807, 2.05) is 68.6 Å². The first kappa shape index (κ1) is 36.6. The molecule has 0 spiro atoms. The second-order valence-corrected chi connectivity index (χ2v) is 12.7. The van der Waals surface area contributed by atoms with Crippen LogP contribution in [0.3, 0.4) is 0 Å². The number of benzene rings is 2. The normalized spacial score (nSPS) is 12.0. The summed E-state index contributed by atoms with van der Waals surface area (Å²) < 4.78 is 11.4. The van der Waals surface area contributed by atoms with Crippen molar-refractivity contribution >= 4 is 34.4 Å². The first-order valence-electron chi connectivity index (χ1n) is 14.8. The van der Waals surface area contributed by atoms with Crippen molar-refractivity contribution < 1.29 is 13.8 Å². The molecule has 0 aliphatic heterocycles. The number of rotatable bonds is 8. The van der Waals surface area contributed by atoms with E-state index in [1.165, 1.54) is 37.4 Å². The van der Waals surface area contributed by atoms with Gasteiger partial charge in [-0.25, -0.2) is 19.9 Å². The average Bonchev–Trinajstić information content (AvgIpc) is 3.04. The fraction of sp³-hybridized carbons (Fsp3) is 0.278. The molecule has 0 aliphatic carbocycles. The molecule has 0 radical (unpaired) electrons.